The minimum absolute atomic E-state index is 0.0163. The second kappa shape index (κ2) is 8.04. The summed E-state index contributed by atoms with van der Waals surface area (Å²) < 4.78 is 5.20. The van der Waals surface area contributed by atoms with Crippen LogP contribution in [-0.4, -0.2) is 24.0 Å². The van der Waals surface area contributed by atoms with E-state index in [1.807, 2.05) is 11.8 Å². The Bertz CT molecular complexity index is 449. The van der Waals surface area contributed by atoms with Crippen molar-refractivity contribution in [1.29, 1.82) is 0 Å². The van der Waals surface area contributed by atoms with Crippen LogP contribution in [0.4, 0.5) is 11.4 Å². The van der Waals surface area contributed by atoms with Gasteiger partial charge in [-0.05, 0) is 24.1 Å². The highest BCUT2D eigenvalue weighted by molar-refractivity contribution is 7.99. The van der Waals surface area contributed by atoms with Crippen molar-refractivity contribution in [2.24, 2.45) is 5.92 Å². The molecular weight excluding hydrogens is 272 g/mol. The van der Waals surface area contributed by atoms with Crippen LogP contribution in [0.25, 0.3) is 0 Å². The maximum absolute atomic E-state index is 11.9. The van der Waals surface area contributed by atoms with Crippen molar-refractivity contribution in [3.8, 4) is 5.75 Å². The van der Waals surface area contributed by atoms with E-state index in [-0.39, 0.29) is 5.91 Å². The lowest BCUT2D eigenvalue weighted by atomic mass is 10.2. The largest absolute Gasteiger partial charge is 0.495 e. The molecule has 3 N–H and O–H groups in total. The molecule has 112 valence electrons. The molecule has 1 unspecified atom stereocenters. The average Bonchev–Trinajstić information content (AvgIpc) is 2.38. The Labute approximate surface area is 125 Å². The molecule has 1 atom stereocenters. The summed E-state index contributed by atoms with van der Waals surface area (Å²) in [5.41, 5.74) is 6.95. The maximum atomic E-state index is 11.9. The Hall–Kier alpha value is -1.36. The van der Waals surface area contributed by atoms with Crippen molar-refractivity contribution < 1.29 is 9.53 Å². The first-order chi connectivity index (χ1) is 9.43. The van der Waals surface area contributed by atoms with E-state index in [1.54, 1.807) is 25.3 Å². The highest BCUT2D eigenvalue weighted by Crippen LogP contribution is 2.27. The maximum Gasteiger partial charge on any atom is 0.225 e. The van der Waals surface area contributed by atoms with Gasteiger partial charge in [0, 0.05) is 23.1 Å². The van der Waals surface area contributed by atoms with Crippen molar-refractivity contribution >= 4 is 29.0 Å². The zero-order valence-corrected chi connectivity index (χ0v) is 13.4. The topological polar surface area (TPSA) is 64.3 Å². The third-order valence-corrected chi connectivity index (χ3v) is 4.66. The van der Waals surface area contributed by atoms with Gasteiger partial charge in [-0.1, -0.05) is 20.8 Å². The predicted molar refractivity (Wildman–Crippen MR) is 87.4 cm³/mol. The Morgan fingerprint density at radius 1 is 1.40 bits per heavy atom. The van der Waals surface area contributed by atoms with Crippen LogP contribution in [-0.2, 0) is 4.79 Å². The molecule has 0 fully saturated rings. The number of hydrogen-bond acceptors (Lipinski definition) is 4. The number of methoxy groups -OCH3 is 1. The van der Waals surface area contributed by atoms with E-state index in [0.29, 0.717) is 34.7 Å². The molecule has 0 saturated carbocycles. The molecule has 1 aromatic rings. The van der Waals surface area contributed by atoms with Gasteiger partial charge in [-0.3, -0.25) is 4.79 Å². The van der Waals surface area contributed by atoms with Crippen LogP contribution in [0.1, 0.15) is 27.2 Å². The lowest BCUT2D eigenvalue weighted by Gasteiger charge is -2.15. The van der Waals surface area contributed by atoms with E-state index in [2.05, 4.69) is 26.1 Å². The molecule has 20 heavy (non-hydrogen) atoms. The number of nitrogens with two attached hydrogens (primary N) is 1. The van der Waals surface area contributed by atoms with Gasteiger partial charge < -0.3 is 15.8 Å². The number of hydrogen-bond donors (Lipinski definition) is 2. The second-order valence-electron chi connectivity index (χ2n) is 5.08. The lowest BCUT2D eigenvalue weighted by molar-refractivity contribution is -0.115. The van der Waals surface area contributed by atoms with Gasteiger partial charge >= 0.3 is 0 Å². The summed E-state index contributed by atoms with van der Waals surface area (Å²) in [5.74, 6) is 2.04. The smallest absolute Gasteiger partial charge is 0.225 e. The Balaban J connectivity index is 2.48. The lowest BCUT2D eigenvalue weighted by Crippen LogP contribution is -2.15. The molecule has 0 saturated heterocycles. The summed E-state index contributed by atoms with van der Waals surface area (Å²) in [7, 11) is 1.57. The fourth-order valence-corrected chi connectivity index (χ4v) is 2.63. The summed E-state index contributed by atoms with van der Waals surface area (Å²) in [6.07, 6.45) is 0.486. The van der Waals surface area contributed by atoms with Crippen LogP contribution in [0.3, 0.4) is 0 Å². The number of rotatable bonds is 7. The molecule has 0 radical (unpaired) electrons. The van der Waals surface area contributed by atoms with Gasteiger partial charge in [-0.25, -0.2) is 0 Å². The third kappa shape index (κ3) is 5.33. The molecule has 0 aliphatic rings. The third-order valence-electron chi connectivity index (χ3n) is 3.15. The van der Waals surface area contributed by atoms with E-state index in [0.717, 1.165) is 5.75 Å². The second-order valence-corrected chi connectivity index (χ2v) is 6.56. The SMILES string of the molecule is COc1ccc(N)cc1NC(=O)CCSC(C)C(C)C. The van der Waals surface area contributed by atoms with Gasteiger partial charge in [-0.15, -0.1) is 0 Å². The van der Waals surface area contributed by atoms with Gasteiger partial charge in [0.2, 0.25) is 5.91 Å². The summed E-state index contributed by atoms with van der Waals surface area (Å²) in [4.78, 5) is 11.9. The van der Waals surface area contributed by atoms with Crippen molar-refractivity contribution in [1.82, 2.24) is 0 Å². The Morgan fingerprint density at radius 3 is 2.70 bits per heavy atom. The van der Waals surface area contributed by atoms with Crippen molar-refractivity contribution in [2.45, 2.75) is 32.4 Å². The first kappa shape index (κ1) is 16.7. The highest BCUT2D eigenvalue weighted by atomic mass is 32.2. The van der Waals surface area contributed by atoms with E-state index < -0.39 is 0 Å². The molecule has 0 aromatic heterocycles. The minimum Gasteiger partial charge on any atom is -0.495 e. The first-order valence-electron chi connectivity index (χ1n) is 6.79. The standard InChI is InChI=1S/C15H24N2O2S/c1-10(2)11(3)20-8-7-15(18)17-13-9-12(16)5-6-14(13)19-4/h5-6,9-11H,7-8,16H2,1-4H3,(H,17,18). The fourth-order valence-electron chi connectivity index (χ4n) is 1.57. The van der Waals surface area contributed by atoms with Crippen LogP contribution >= 0.6 is 11.8 Å². The molecule has 5 heteroatoms. The van der Waals surface area contributed by atoms with E-state index in [1.165, 1.54) is 0 Å². The van der Waals surface area contributed by atoms with Gasteiger partial charge in [0.05, 0.1) is 12.8 Å². The van der Waals surface area contributed by atoms with Crippen LogP contribution < -0.4 is 15.8 Å². The summed E-state index contributed by atoms with van der Waals surface area (Å²) in [6.45, 7) is 6.57. The number of anilines is 2. The first-order valence-corrected chi connectivity index (χ1v) is 7.84. The molecule has 1 aromatic carbocycles. The van der Waals surface area contributed by atoms with Gasteiger partial charge in [0.1, 0.15) is 5.75 Å². The number of carbonyl (C=O) groups excluding carboxylic acids is 1. The molecule has 0 spiro atoms. The quantitative estimate of drug-likeness (QED) is 0.757. The molecule has 1 amide bonds. The Kier molecular flexibility index (Phi) is 6.71. The number of amides is 1. The summed E-state index contributed by atoms with van der Waals surface area (Å²) in [6, 6.07) is 5.20. The number of nitrogens with one attached hydrogen (secondary N) is 1. The summed E-state index contributed by atoms with van der Waals surface area (Å²) in [5, 5.41) is 3.41. The molecule has 0 bridgehead atoms. The minimum atomic E-state index is -0.0163. The molecule has 4 nitrogen and oxygen atoms in total. The molecule has 0 heterocycles. The van der Waals surface area contributed by atoms with Crippen molar-refractivity contribution in [3.63, 3.8) is 0 Å². The fraction of sp³-hybridized carbons (Fsp3) is 0.533. The van der Waals surface area contributed by atoms with E-state index in [9.17, 15) is 4.79 Å². The predicted octanol–water partition coefficient (Wildman–Crippen LogP) is 3.38. The van der Waals surface area contributed by atoms with Gasteiger partial charge in [0.15, 0.2) is 0 Å². The van der Waals surface area contributed by atoms with Crippen molar-refractivity contribution in [2.75, 3.05) is 23.9 Å². The van der Waals surface area contributed by atoms with Crippen LogP contribution in [0, 0.1) is 5.92 Å². The van der Waals surface area contributed by atoms with E-state index in [4.69, 9.17) is 10.5 Å². The van der Waals surface area contributed by atoms with Crippen molar-refractivity contribution in [3.05, 3.63) is 18.2 Å². The van der Waals surface area contributed by atoms with Gasteiger partial charge in [-0.2, -0.15) is 11.8 Å². The molecular formula is C15H24N2O2S. The number of carbonyl (C=O) groups is 1. The van der Waals surface area contributed by atoms with Crippen LogP contribution in [0.5, 0.6) is 5.75 Å². The zero-order valence-electron chi connectivity index (χ0n) is 12.6. The van der Waals surface area contributed by atoms with E-state index >= 15 is 0 Å². The van der Waals surface area contributed by atoms with Gasteiger partial charge in [0.25, 0.3) is 0 Å². The van der Waals surface area contributed by atoms with Crippen LogP contribution in [0.15, 0.2) is 18.2 Å². The average molecular weight is 296 g/mol. The number of ether oxygens (including phenoxy) is 1. The number of benzene rings is 1. The summed E-state index contributed by atoms with van der Waals surface area (Å²) >= 11 is 1.82. The molecule has 1 rings (SSSR count). The normalized spacial score (nSPS) is 12.2. The number of thioether (sulfide) groups is 1. The monoisotopic (exact) mass is 296 g/mol. The molecule has 0 aliphatic carbocycles. The Morgan fingerprint density at radius 2 is 2.10 bits per heavy atom. The van der Waals surface area contributed by atoms with Crippen LogP contribution in [0.2, 0.25) is 0 Å². The zero-order chi connectivity index (χ0) is 15.1. The molecule has 0 aliphatic heterocycles. The highest BCUT2D eigenvalue weighted by Gasteiger charge is 2.11. The number of nitrogen functional groups attached to an aromatic ring is 1.